The summed E-state index contributed by atoms with van der Waals surface area (Å²) in [5, 5.41) is 3.55. The van der Waals surface area contributed by atoms with Gasteiger partial charge in [-0.15, -0.1) is 0 Å². The van der Waals surface area contributed by atoms with Crippen molar-refractivity contribution in [2.24, 2.45) is 5.92 Å². The van der Waals surface area contributed by atoms with Gasteiger partial charge in [-0.25, -0.2) is 4.39 Å². The average molecular weight is 263 g/mol. The van der Waals surface area contributed by atoms with Crippen LogP contribution in [0.1, 0.15) is 62.6 Å². The summed E-state index contributed by atoms with van der Waals surface area (Å²) >= 11 is 0. The van der Waals surface area contributed by atoms with Gasteiger partial charge in [0, 0.05) is 6.04 Å². The fourth-order valence-electron chi connectivity index (χ4n) is 3.31. The molecule has 0 amide bonds. The molecule has 1 N–H and O–H groups in total. The lowest BCUT2D eigenvalue weighted by Gasteiger charge is -2.28. The Kier molecular flexibility index (Phi) is 5.38. The van der Waals surface area contributed by atoms with Crippen molar-refractivity contribution in [3.63, 3.8) is 0 Å². The zero-order valence-corrected chi connectivity index (χ0v) is 12.2. The summed E-state index contributed by atoms with van der Waals surface area (Å²) in [5.74, 6) is 0.688. The summed E-state index contributed by atoms with van der Waals surface area (Å²) in [6.45, 7) is 5.15. The molecule has 1 atom stereocenters. The van der Waals surface area contributed by atoms with Gasteiger partial charge in [0.25, 0.3) is 0 Å². The van der Waals surface area contributed by atoms with Crippen LogP contribution in [0.5, 0.6) is 0 Å². The minimum absolute atomic E-state index is 0.118. The smallest absolute Gasteiger partial charge is 0.123 e. The second kappa shape index (κ2) is 7.04. The van der Waals surface area contributed by atoms with Crippen molar-refractivity contribution < 1.29 is 4.39 Å². The van der Waals surface area contributed by atoms with Crippen molar-refractivity contribution in [2.45, 2.75) is 58.4 Å². The van der Waals surface area contributed by atoms with Crippen LogP contribution < -0.4 is 5.32 Å². The van der Waals surface area contributed by atoms with E-state index in [0.29, 0.717) is 6.04 Å². The monoisotopic (exact) mass is 263 g/mol. The molecule has 1 aliphatic carbocycles. The lowest BCUT2D eigenvalue weighted by molar-refractivity contribution is 0.301. The van der Waals surface area contributed by atoms with Crippen LogP contribution >= 0.6 is 0 Å². The predicted molar refractivity (Wildman–Crippen MR) is 78.7 cm³/mol. The van der Waals surface area contributed by atoms with Gasteiger partial charge in [-0.3, -0.25) is 0 Å². The van der Waals surface area contributed by atoms with E-state index in [9.17, 15) is 4.39 Å². The largest absolute Gasteiger partial charge is 0.310 e. The topological polar surface area (TPSA) is 12.0 Å². The lowest BCUT2D eigenvalue weighted by atomic mass is 9.82. The zero-order valence-electron chi connectivity index (χ0n) is 12.2. The van der Waals surface area contributed by atoms with Crippen LogP contribution in [0.3, 0.4) is 0 Å². The van der Waals surface area contributed by atoms with E-state index < -0.39 is 0 Å². The van der Waals surface area contributed by atoms with E-state index in [1.807, 2.05) is 6.07 Å². The fourth-order valence-corrected chi connectivity index (χ4v) is 3.31. The Hall–Kier alpha value is -0.890. The first-order valence-corrected chi connectivity index (χ1v) is 7.70. The molecule has 1 fully saturated rings. The van der Waals surface area contributed by atoms with Crippen LogP contribution in [0.25, 0.3) is 0 Å². The van der Waals surface area contributed by atoms with E-state index in [-0.39, 0.29) is 5.82 Å². The highest BCUT2D eigenvalue weighted by Gasteiger charge is 2.21. The molecule has 106 valence electrons. The molecule has 2 rings (SSSR count). The Labute approximate surface area is 116 Å². The first-order chi connectivity index (χ1) is 9.20. The van der Waals surface area contributed by atoms with Crippen molar-refractivity contribution in [2.75, 3.05) is 6.54 Å². The second-order valence-corrected chi connectivity index (χ2v) is 5.85. The van der Waals surface area contributed by atoms with Gasteiger partial charge in [-0.2, -0.15) is 0 Å². The molecule has 2 heteroatoms. The Morgan fingerprint density at radius 3 is 2.68 bits per heavy atom. The number of nitrogens with one attached hydrogen (secondary N) is 1. The van der Waals surface area contributed by atoms with Gasteiger partial charge in [-0.05, 0) is 49.1 Å². The number of benzene rings is 1. The fraction of sp³-hybridized carbons (Fsp3) is 0.647. The first kappa shape index (κ1) is 14.5. The van der Waals surface area contributed by atoms with E-state index in [0.717, 1.165) is 24.4 Å². The van der Waals surface area contributed by atoms with Crippen LogP contribution in [0.15, 0.2) is 18.2 Å². The lowest BCUT2D eigenvalue weighted by Crippen LogP contribution is -2.25. The van der Waals surface area contributed by atoms with E-state index in [4.69, 9.17) is 0 Å². The highest BCUT2D eigenvalue weighted by molar-refractivity contribution is 5.29. The molecule has 1 aromatic rings. The maximum Gasteiger partial charge on any atom is 0.123 e. The van der Waals surface area contributed by atoms with Crippen LogP contribution in [-0.4, -0.2) is 6.54 Å². The normalized spacial score (nSPS) is 18.5. The van der Waals surface area contributed by atoms with Crippen molar-refractivity contribution in [3.8, 4) is 0 Å². The maximum absolute atomic E-state index is 13.5. The molecule has 0 saturated heterocycles. The van der Waals surface area contributed by atoms with Gasteiger partial charge in [-0.1, -0.05) is 45.1 Å². The van der Waals surface area contributed by atoms with Gasteiger partial charge in [0.1, 0.15) is 5.82 Å². The third-order valence-electron chi connectivity index (χ3n) is 4.36. The molecular weight excluding hydrogens is 237 g/mol. The van der Waals surface area contributed by atoms with Gasteiger partial charge in [0.15, 0.2) is 0 Å². The molecule has 0 heterocycles. The number of hydrogen-bond acceptors (Lipinski definition) is 1. The summed E-state index contributed by atoms with van der Waals surface area (Å²) in [6.07, 6.45) is 7.96. The molecule has 19 heavy (non-hydrogen) atoms. The van der Waals surface area contributed by atoms with Gasteiger partial charge < -0.3 is 5.32 Å². The third-order valence-corrected chi connectivity index (χ3v) is 4.36. The minimum atomic E-state index is -0.118. The molecule has 0 bridgehead atoms. The van der Waals surface area contributed by atoms with Crippen LogP contribution in [0.4, 0.5) is 4.39 Å². The molecule has 1 nitrogen and oxygen atoms in total. The summed E-state index contributed by atoms with van der Waals surface area (Å²) in [7, 11) is 0. The van der Waals surface area contributed by atoms with Gasteiger partial charge >= 0.3 is 0 Å². The molecule has 0 aromatic heterocycles. The quantitative estimate of drug-likeness (QED) is 0.808. The molecule has 0 radical (unpaired) electrons. The Morgan fingerprint density at radius 2 is 2.00 bits per heavy atom. The Balaban J connectivity index is 2.11. The number of rotatable bonds is 5. The Bertz CT molecular complexity index is 396. The van der Waals surface area contributed by atoms with Crippen molar-refractivity contribution in [1.82, 2.24) is 5.32 Å². The molecule has 1 aromatic carbocycles. The van der Waals surface area contributed by atoms with Crippen molar-refractivity contribution in [3.05, 3.63) is 35.1 Å². The van der Waals surface area contributed by atoms with Crippen LogP contribution in [0.2, 0.25) is 0 Å². The third kappa shape index (κ3) is 4.04. The predicted octanol–water partition coefficient (Wildman–Crippen LogP) is 4.76. The highest BCUT2D eigenvalue weighted by atomic mass is 19.1. The molecule has 0 spiro atoms. The molecular formula is C17H26FN. The SMILES string of the molecule is CCNC(CC1CCCCC1)c1cc(F)ccc1C. The van der Waals surface area contributed by atoms with Crippen molar-refractivity contribution in [1.29, 1.82) is 0 Å². The second-order valence-electron chi connectivity index (χ2n) is 5.85. The summed E-state index contributed by atoms with van der Waals surface area (Å²) < 4.78 is 13.5. The van der Waals surface area contributed by atoms with E-state index in [2.05, 4.69) is 19.2 Å². The average Bonchev–Trinajstić information content (AvgIpc) is 2.42. The summed E-state index contributed by atoms with van der Waals surface area (Å²) in [5.41, 5.74) is 2.34. The number of hydrogen-bond donors (Lipinski definition) is 1. The van der Waals surface area contributed by atoms with Crippen LogP contribution in [-0.2, 0) is 0 Å². The Morgan fingerprint density at radius 1 is 1.26 bits per heavy atom. The maximum atomic E-state index is 13.5. The van der Waals surface area contributed by atoms with Gasteiger partial charge in [0.05, 0.1) is 0 Å². The van der Waals surface area contributed by atoms with E-state index in [1.165, 1.54) is 37.7 Å². The highest BCUT2D eigenvalue weighted by Crippen LogP contribution is 2.33. The van der Waals surface area contributed by atoms with E-state index in [1.54, 1.807) is 12.1 Å². The summed E-state index contributed by atoms with van der Waals surface area (Å²) in [4.78, 5) is 0. The molecule has 1 aliphatic rings. The first-order valence-electron chi connectivity index (χ1n) is 7.70. The number of halogens is 1. The zero-order chi connectivity index (χ0) is 13.7. The summed E-state index contributed by atoms with van der Waals surface area (Å²) in [6, 6.07) is 5.48. The number of aryl methyl sites for hydroxylation is 1. The van der Waals surface area contributed by atoms with Crippen molar-refractivity contribution >= 4 is 0 Å². The standard InChI is InChI=1S/C17H26FN/c1-3-19-17(11-14-7-5-4-6-8-14)16-12-15(18)10-9-13(16)2/h9-10,12,14,17,19H,3-8,11H2,1-2H3. The minimum Gasteiger partial charge on any atom is -0.310 e. The van der Waals surface area contributed by atoms with E-state index >= 15 is 0 Å². The molecule has 1 unspecified atom stereocenters. The van der Waals surface area contributed by atoms with Crippen LogP contribution in [0, 0.1) is 18.7 Å². The molecule has 1 saturated carbocycles. The molecule has 0 aliphatic heterocycles. The van der Waals surface area contributed by atoms with Gasteiger partial charge in [0.2, 0.25) is 0 Å².